The van der Waals surface area contributed by atoms with Gasteiger partial charge in [-0.25, -0.2) is 9.97 Å². The molecule has 0 unspecified atom stereocenters. The lowest BCUT2D eigenvalue weighted by Gasteiger charge is -2.31. The Labute approximate surface area is 167 Å². The smallest absolute Gasteiger partial charge is 0.253 e. The van der Waals surface area contributed by atoms with Crippen LogP contribution in [0.4, 0.5) is 0 Å². The van der Waals surface area contributed by atoms with Crippen LogP contribution >= 0.6 is 0 Å². The molecule has 0 bridgehead atoms. The van der Waals surface area contributed by atoms with Gasteiger partial charge < -0.3 is 4.42 Å². The lowest BCUT2D eigenvalue weighted by molar-refractivity contribution is 0.153. The lowest BCUT2D eigenvalue weighted by Crippen LogP contribution is -2.36. The number of nitrogens with zero attached hydrogens (tertiary/aromatic N) is 4. The summed E-state index contributed by atoms with van der Waals surface area (Å²) in [6.45, 7) is 9.87. The minimum absolute atomic E-state index is 0.0627. The van der Waals surface area contributed by atoms with Crippen molar-refractivity contribution in [3.05, 3.63) is 45.8 Å². The number of hydrogen-bond donors (Lipinski definition) is 0. The largest absolute Gasteiger partial charge is 0.444 e. The highest BCUT2D eigenvalue weighted by molar-refractivity contribution is 5.13. The Morgan fingerprint density at radius 1 is 1.18 bits per heavy atom. The van der Waals surface area contributed by atoms with E-state index in [0.29, 0.717) is 5.92 Å². The van der Waals surface area contributed by atoms with Crippen LogP contribution in [0.2, 0.25) is 0 Å². The molecule has 4 rings (SSSR count). The second-order valence-electron chi connectivity index (χ2n) is 9.42. The van der Waals surface area contributed by atoms with Crippen molar-refractivity contribution in [1.29, 1.82) is 0 Å². The van der Waals surface area contributed by atoms with E-state index in [0.717, 1.165) is 69.2 Å². The summed E-state index contributed by atoms with van der Waals surface area (Å²) >= 11 is 0. The maximum absolute atomic E-state index is 12.5. The van der Waals surface area contributed by atoms with Gasteiger partial charge in [-0.05, 0) is 51.1 Å². The molecule has 2 aliphatic rings. The maximum atomic E-state index is 12.5. The normalized spacial score (nSPS) is 19.0. The summed E-state index contributed by atoms with van der Waals surface area (Å²) in [7, 11) is 0. The second-order valence-corrected chi connectivity index (χ2v) is 9.42. The average molecular weight is 385 g/mol. The van der Waals surface area contributed by atoms with E-state index in [-0.39, 0.29) is 11.0 Å². The fraction of sp³-hybridized carbons (Fsp3) is 0.682. The first-order chi connectivity index (χ1) is 13.4. The quantitative estimate of drug-likeness (QED) is 0.809. The van der Waals surface area contributed by atoms with Crippen molar-refractivity contribution in [2.75, 3.05) is 13.1 Å². The number of rotatable bonds is 4. The van der Waals surface area contributed by atoms with Crippen molar-refractivity contribution in [2.45, 2.75) is 77.8 Å². The summed E-state index contributed by atoms with van der Waals surface area (Å²) in [6.07, 6.45) is 8.47. The first kappa shape index (κ1) is 19.4. The zero-order valence-electron chi connectivity index (χ0n) is 17.4. The van der Waals surface area contributed by atoms with Crippen molar-refractivity contribution in [1.82, 2.24) is 19.4 Å². The van der Waals surface area contributed by atoms with Crippen LogP contribution in [0.3, 0.4) is 0 Å². The zero-order chi connectivity index (χ0) is 19.7. The molecule has 0 radical (unpaired) electrons. The van der Waals surface area contributed by atoms with E-state index < -0.39 is 0 Å². The predicted octanol–water partition coefficient (Wildman–Crippen LogP) is 3.32. The van der Waals surface area contributed by atoms with E-state index in [1.807, 2.05) is 0 Å². The molecule has 6 nitrogen and oxygen atoms in total. The van der Waals surface area contributed by atoms with Crippen molar-refractivity contribution in [3.63, 3.8) is 0 Å². The second kappa shape index (κ2) is 7.82. The fourth-order valence-electron chi connectivity index (χ4n) is 4.24. The van der Waals surface area contributed by atoms with Gasteiger partial charge in [-0.3, -0.25) is 14.3 Å². The lowest BCUT2D eigenvalue weighted by atomic mass is 9.92. The Balaban J connectivity index is 1.31. The Hall–Kier alpha value is -1.95. The topological polar surface area (TPSA) is 64.2 Å². The molecule has 1 saturated heterocycles. The third-order valence-electron chi connectivity index (χ3n) is 6.06. The summed E-state index contributed by atoms with van der Waals surface area (Å²) in [5.41, 5.74) is 2.01. The first-order valence-electron chi connectivity index (χ1n) is 10.7. The van der Waals surface area contributed by atoms with Crippen molar-refractivity contribution < 1.29 is 4.42 Å². The van der Waals surface area contributed by atoms with Crippen LogP contribution in [-0.4, -0.2) is 32.5 Å². The van der Waals surface area contributed by atoms with Gasteiger partial charge >= 0.3 is 0 Å². The van der Waals surface area contributed by atoms with Gasteiger partial charge in [-0.2, -0.15) is 0 Å². The number of fused-ring (bicyclic) bond motifs is 1. The molecule has 2 aromatic rings. The van der Waals surface area contributed by atoms with E-state index in [9.17, 15) is 4.79 Å². The average Bonchev–Trinajstić information content (AvgIpc) is 3.06. The Morgan fingerprint density at radius 3 is 2.61 bits per heavy atom. The van der Waals surface area contributed by atoms with Crippen molar-refractivity contribution in [2.24, 2.45) is 5.92 Å². The first-order valence-corrected chi connectivity index (χ1v) is 10.7. The summed E-state index contributed by atoms with van der Waals surface area (Å²) in [5.74, 6) is 2.51. The molecule has 152 valence electrons. The molecule has 1 aliphatic heterocycles. The summed E-state index contributed by atoms with van der Waals surface area (Å²) in [4.78, 5) is 24.1. The number of oxazole rings is 1. The Bertz CT molecular complexity index is 846. The molecule has 0 aromatic carbocycles. The summed E-state index contributed by atoms with van der Waals surface area (Å²) in [5, 5.41) is 0. The van der Waals surface area contributed by atoms with E-state index in [4.69, 9.17) is 9.40 Å². The van der Waals surface area contributed by atoms with Gasteiger partial charge in [0.25, 0.3) is 5.56 Å². The SMILES string of the molecule is CC(C)(C)c1cc(=O)n(CC2CCN(Cc3nc4c(o3)CCCC4)CC2)cn1. The zero-order valence-corrected chi connectivity index (χ0v) is 17.4. The highest BCUT2D eigenvalue weighted by atomic mass is 16.4. The molecule has 3 heterocycles. The molecule has 0 N–H and O–H groups in total. The summed E-state index contributed by atoms with van der Waals surface area (Å²) < 4.78 is 7.75. The fourth-order valence-corrected chi connectivity index (χ4v) is 4.24. The van der Waals surface area contributed by atoms with Crippen LogP contribution in [0.1, 0.15) is 69.5 Å². The molecular formula is C22H32N4O2. The molecule has 28 heavy (non-hydrogen) atoms. The van der Waals surface area contributed by atoms with Gasteiger partial charge in [0.2, 0.25) is 5.89 Å². The van der Waals surface area contributed by atoms with Crippen LogP contribution in [-0.2, 0) is 31.3 Å². The van der Waals surface area contributed by atoms with Gasteiger partial charge in [-0.15, -0.1) is 0 Å². The summed E-state index contributed by atoms with van der Waals surface area (Å²) in [6, 6.07) is 1.69. The van der Waals surface area contributed by atoms with Crippen LogP contribution in [0.15, 0.2) is 21.6 Å². The molecule has 0 saturated carbocycles. The highest BCUT2D eigenvalue weighted by Crippen LogP contribution is 2.24. The number of aromatic nitrogens is 3. The Morgan fingerprint density at radius 2 is 1.93 bits per heavy atom. The number of hydrogen-bond acceptors (Lipinski definition) is 5. The van der Waals surface area contributed by atoms with Crippen molar-refractivity contribution in [3.8, 4) is 0 Å². The number of piperidine rings is 1. The minimum atomic E-state index is -0.0945. The standard InChI is InChI=1S/C22H32N4O2/c1-22(2,3)19-12-21(27)26(15-23-19)13-16-8-10-25(11-9-16)14-20-24-17-6-4-5-7-18(17)28-20/h12,15-16H,4-11,13-14H2,1-3H3. The van der Waals surface area contributed by atoms with Gasteiger partial charge in [0.15, 0.2) is 0 Å². The Kier molecular flexibility index (Phi) is 5.41. The van der Waals surface area contributed by atoms with Gasteiger partial charge in [-0.1, -0.05) is 20.8 Å². The van der Waals surface area contributed by atoms with Crippen LogP contribution in [0, 0.1) is 5.92 Å². The van der Waals surface area contributed by atoms with E-state index in [2.05, 4.69) is 30.7 Å². The van der Waals surface area contributed by atoms with E-state index in [1.54, 1.807) is 17.0 Å². The monoisotopic (exact) mass is 384 g/mol. The molecule has 0 amide bonds. The van der Waals surface area contributed by atoms with Gasteiger partial charge in [0.1, 0.15) is 5.76 Å². The van der Waals surface area contributed by atoms with Crippen LogP contribution in [0.25, 0.3) is 0 Å². The predicted molar refractivity (Wildman–Crippen MR) is 108 cm³/mol. The van der Waals surface area contributed by atoms with Gasteiger partial charge in [0, 0.05) is 24.4 Å². The van der Waals surface area contributed by atoms with Crippen LogP contribution in [0.5, 0.6) is 0 Å². The number of likely N-dealkylation sites (tertiary alicyclic amines) is 1. The van der Waals surface area contributed by atoms with E-state index in [1.165, 1.54) is 18.5 Å². The third kappa shape index (κ3) is 4.37. The molecule has 0 atom stereocenters. The van der Waals surface area contributed by atoms with Gasteiger partial charge in [0.05, 0.1) is 24.3 Å². The molecule has 2 aromatic heterocycles. The van der Waals surface area contributed by atoms with E-state index >= 15 is 0 Å². The molecule has 0 spiro atoms. The third-order valence-corrected chi connectivity index (χ3v) is 6.06. The molecule has 1 fully saturated rings. The maximum Gasteiger partial charge on any atom is 0.253 e. The number of aryl methyl sites for hydroxylation is 2. The minimum Gasteiger partial charge on any atom is -0.444 e. The molecule has 1 aliphatic carbocycles. The van der Waals surface area contributed by atoms with Crippen molar-refractivity contribution >= 4 is 0 Å². The molecule has 6 heteroatoms. The highest BCUT2D eigenvalue weighted by Gasteiger charge is 2.23. The van der Waals surface area contributed by atoms with Crippen LogP contribution < -0.4 is 5.56 Å². The molecular weight excluding hydrogens is 352 g/mol.